The Morgan fingerprint density at radius 2 is 1.81 bits per heavy atom. The summed E-state index contributed by atoms with van der Waals surface area (Å²) in [5.41, 5.74) is 2.57. The Morgan fingerprint density at radius 1 is 1.12 bits per heavy atom. The van der Waals surface area contributed by atoms with Crippen molar-refractivity contribution in [3.05, 3.63) is 64.5 Å². The largest absolute Gasteiger partial charge is 0.387 e. The third kappa shape index (κ3) is 2.63. The topological polar surface area (TPSA) is 103 Å². The molecule has 1 spiro atoms. The predicted octanol–water partition coefficient (Wildman–Crippen LogP) is 0.718. The van der Waals surface area contributed by atoms with Crippen molar-refractivity contribution < 1.29 is 29.2 Å². The van der Waals surface area contributed by atoms with Gasteiger partial charge in [-0.25, -0.2) is 4.39 Å². The molecule has 32 heavy (non-hydrogen) atoms. The van der Waals surface area contributed by atoms with Gasteiger partial charge in [0.05, 0.1) is 12.2 Å². The number of aryl methyl sites for hydroxylation is 1. The zero-order valence-electron chi connectivity index (χ0n) is 18.1. The lowest BCUT2D eigenvalue weighted by atomic mass is 9.76. The summed E-state index contributed by atoms with van der Waals surface area (Å²) in [6.07, 6.45) is -0.909. The van der Waals surface area contributed by atoms with E-state index in [1.807, 2.05) is 26.0 Å². The first-order valence-electron chi connectivity index (χ1n) is 10.7. The fourth-order valence-electron chi connectivity index (χ4n) is 5.63. The number of quaternary nitrogens is 1. The van der Waals surface area contributed by atoms with Crippen LogP contribution in [0.5, 0.6) is 0 Å². The van der Waals surface area contributed by atoms with E-state index in [4.69, 9.17) is 0 Å². The Kier molecular flexibility index (Phi) is 4.51. The molecule has 2 aromatic carbocycles. The van der Waals surface area contributed by atoms with E-state index in [0.29, 0.717) is 16.8 Å². The number of likely N-dealkylation sites (tertiary alicyclic amines) is 1. The van der Waals surface area contributed by atoms with E-state index in [1.165, 1.54) is 24.3 Å². The number of nitrogens with one attached hydrogen (secondary N) is 1. The van der Waals surface area contributed by atoms with E-state index in [2.05, 4.69) is 5.32 Å². The molecule has 5 atom stereocenters. The van der Waals surface area contributed by atoms with Crippen molar-refractivity contribution in [2.45, 2.75) is 45.0 Å². The normalized spacial score (nSPS) is 29.5. The summed E-state index contributed by atoms with van der Waals surface area (Å²) < 4.78 is 13.3. The molecule has 0 unspecified atom stereocenters. The van der Waals surface area contributed by atoms with Crippen molar-refractivity contribution in [2.75, 3.05) is 5.32 Å². The average Bonchev–Trinajstić information content (AvgIpc) is 3.34. The maximum absolute atomic E-state index is 13.7. The van der Waals surface area contributed by atoms with E-state index >= 15 is 0 Å². The lowest BCUT2D eigenvalue weighted by Crippen LogP contribution is -3.00. The predicted molar refractivity (Wildman–Crippen MR) is 113 cm³/mol. The third-order valence-electron chi connectivity index (χ3n) is 7.41. The zero-order chi connectivity index (χ0) is 22.9. The van der Waals surface area contributed by atoms with E-state index < -0.39 is 47.2 Å². The molecule has 2 fully saturated rings. The summed E-state index contributed by atoms with van der Waals surface area (Å²) >= 11 is 0. The molecular formula is C24H25FN3O4+. The monoisotopic (exact) mass is 438 g/mol. The van der Waals surface area contributed by atoms with Crippen LogP contribution in [-0.2, 0) is 26.5 Å². The Bertz CT molecular complexity index is 1160. The summed E-state index contributed by atoms with van der Waals surface area (Å²) in [5, 5.41) is 15.2. The van der Waals surface area contributed by atoms with Crippen LogP contribution >= 0.6 is 0 Å². The molecule has 5 rings (SSSR count). The number of carbonyl (C=O) groups excluding carboxylic acids is 3. The van der Waals surface area contributed by atoms with Gasteiger partial charge in [0.25, 0.3) is 5.91 Å². The van der Waals surface area contributed by atoms with Gasteiger partial charge in [0, 0.05) is 5.56 Å². The Hall–Kier alpha value is -3.10. The second-order valence-corrected chi connectivity index (χ2v) is 9.13. The highest BCUT2D eigenvalue weighted by Gasteiger charge is 2.74. The quantitative estimate of drug-likeness (QED) is 0.615. The van der Waals surface area contributed by atoms with Gasteiger partial charge in [0.2, 0.25) is 17.4 Å². The number of aliphatic hydroxyl groups excluding tert-OH is 1. The third-order valence-corrected chi connectivity index (χ3v) is 7.41. The molecule has 3 aliphatic rings. The first-order chi connectivity index (χ1) is 15.2. The minimum atomic E-state index is -1.32. The fourth-order valence-corrected chi connectivity index (χ4v) is 5.63. The van der Waals surface area contributed by atoms with Gasteiger partial charge in [-0.1, -0.05) is 18.2 Å². The van der Waals surface area contributed by atoms with Gasteiger partial charge in [-0.3, -0.25) is 19.3 Å². The summed E-state index contributed by atoms with van der Waals surface area (Å²) in [7, 11) is 0. The van der Waals surface area contributed by atoms with Gasteiger partial charge in [-0.05, 0) is 55.7 Å². The molecule has 7 nitrogen and oxygen atoms in total. The van der Waals surface area contributed by atoms with Crippen molar-refractivity contribution in [1.82, 2.24) is 4.90 Å². The summed E-state index contributed by atoms with van der Waals surface area (Å²) in [4.78, 5) is 41.7. The molecule has 166 valence electrons. The molecule has 2 aromatic rings. The van der Waals surface area contributed by atoms with Gasteiger partial charge in [-0.15, -0.1) is 0 Å². The van der Waals surface area contributed by atoms with Crippen LogP contribution in [0.2, 0.25) is 0 Å². The van der Waals surface area contributed by atoms with Crippen LogP contribution in [0.25, 0.3) is 0 Å². The number of nitrogens with two attached hydrogens (primary N) is 1. The van der Waals surface area contributed by atoms with Crippen molar-refractivity contribution in [1.29, 1.82) is 0 Å². The number of imide groups is 1. The van der Waals surface area contributed by atoms with Crippen molar-refractivity contribution in [2.24, 2.45) is 11.8 Å². The number of halogens is 1. The minimum absolute atomic E-state index is 0.00500. The molecule has 0 bridgehead atoms. The van der Waals surface area contributed by atoms with Crippen molar-refractivity contribution >= 4 is 23.4 Å². The van der Waals surface area contributed by atoms with E-state index in [-0.39, 0.29) is 12.5 Å². The van der Waals surface area contributed by atoms with E-state index in [0.717, 1.165) is 16.0 Å². The lowest BCUT2D eigenvalue weighted by molar-refractivity contribution is -0.738. The summed E-state index contributed by atoms with van der Waals surface area (Å²) in [6.45, 7) is 5.43. The van der Waals surface area contributed by atoms with Crippen LogP contribution in [0.1, 0.15) is 29.2 Å². The van der Waals surface area contributed by atoms with Crippen LogP contribution in [0, 0.1) is 31.5 Å². The number of fused-ring (bicyclic) bond motifs is 4. The van der Waals surface area contributed by atoms with Crippen LogP contribution in [0.3, 0.4) is 0 Å². The molecule has 0 saturated carbocycles. The summed E-state index contributed by atoms with van der Waals surface area (Å²) in [5.74, 6) is -3.36. The molecule has 0 aliphatic carbocycles. The minimum Gasteiger partial charge on any atom is -0.387 e. The molecule has 0 radical (unpaired) electrons. The number of aliphatic hydroxyl groups is 1. The second-order valence-electron chi connectivity index (χ2n) is 9.13. The Balaban J connectivity index is 1.62. The molecule has 4 N–H and O–H groups in total. The van der Waals surface area contributed by atoms with Crippen molar-refractivity contribution in [3.63, 3.8) is 0 Å². The van der Waals surface area contributed by atoms with Crippen LogP contribution in [-0.4, -0.2) is 39.9 Å². The molecule has 3 aliphatic heterocycles. The SMILES string of the molecule is Cc1ccc2c(c1C)NC(=O)[C@]21[NH2+][C@H]([C@@H](C)O)[C@H]2C(=O)N(Cc3ccc(F)cc3)C(=O)[C@H]21. The maximum atomic E-state index is 13.7. The average molecular weight is 438 g/mol. The standard InChI is InChI=1S/C24H24FN3O4/c1-11-4-9-16-19(12(11)2)26-23(32)24(16)18-17(20(27-24)13(3)29)21(30)28(22(18)31)10-14-5-7-15(25)8-6-14/h4-9,13,17-18,20,27,29H,10H2,1-3H3,(H,26,32)/p+1/t13-,17+,18+,20-,24+/m1/s1. The number of nitrogens with zero attached hydrogens (tertiary/aromatic N) is 1. The molecular weight excluding hydrogens is 413 g/mol. The first kappa shape index (κ1) is 20.8. The number of hydrogen-bond donors (Lipinski definition) is 3. The molecule has 3 amide bonds. The molecule has 8 heteroatoms. The van der Waals surface area contributed by atoms with E-state index in [1.54, 1.807) is 12.2 Å². The van der Waals surface area contributed by atoms with E-state index in [9.17, 15) is 23.9 Å². The highest BCUT2D eigenvalue weighted by atomic mass is 19.1. The zero-order valence-corrected chi connectivity index (χ0v) is 18.1. The number of amides is 3. The van der Waals surface area contributed by atoms with Crippen LogP contribution in [0.15, 0.2) is 36.4 Å². The fraction of sp³-hybridized carbons (Fsp3) is 0.375. The second kappa shape index (κ2) is 6.95. The number of anilines is 1. The molecule has 0 aromatic heterocycles. The summed E-state index contributed by atoms with van der Waals surface area (Å²) in [6, 6.07) is 8.72. The lowest BCUT2D eigenvalue weighted by Gasteiger charge is -2.27. The Morgan fingerprint density at radius 3 is 2.47 bits per heavy atom. The van der Waals surface area contributed by atoms with Crippen molar-refractivity contribution in [3.8, 4) is 0 Å². The first-order valence-corrected chi connectivity index (χ1v) is 10.7. The smallest absolute Gasteiger partial charge is 0.291 e. The Labute approximate surface area is 184 Å². The number of hydrogen-bond acceptors (Lipinski definition) is 4. The van der Waals surface area contributed by atoms with Gasteiger partial charge >= 0.3 is 0 Å². The van der Waals surface area contributed by atoms with Gasteiger partial charge in [-0.2, -0.15) is 0 Å². The molecule has 3 heterocycles. The van der Waals surface area contributed by atoms with Gasteiger partial charge in [0.15, 0.2) is 0 Å². The van der Waals surface area contributed by atoms with Gasteiger partial charge in [0.1, 0.15) is 29.8 Å². The van der Waals surface area contributed by atoms with Crippen LogP contribution in [0.4, 0.5) is 10.1 Å². The maximum Gasteiger partial charge on any atom is 0.291 e. The highest BCUT2D eigenvalue weighted by Crippen LogP contribution is 2.50. The van der Waals surface area contributed by atoms with Crippen LogP contribution < -0.4 is 10.6 Å². The van der Waals surface area contributed by atoms with Gasteiger partial charge < -0.3 is 15.7 Å². The number of rotatable bonds is 3. The number of carbonyl (C=O) groups is 3. The molecule has 2 saturated heterocycles. The number of benzene rings is 2. The highest BCUT2D eigenvalue weighted by molar-refractivity contribution is 6.14.